The van der Waals surface area contributed by atoms with Crippen molar-refractivity contribution in [1.29, 1.82) is 0 Å². The Balaban J connectivity index is 1.49. The van der Waals surface area contributed by atoms with Gasteiger partial charge < -0.3 is 0 Å². The fourth-order valence-corrected chi connectivity index (χ4v) is 4.02. The quantitative estimate of drug-likeness (QED) is 0.209. The molecular formula is C24H20BrN5OS. The average Bonchev–Trinajstić information content (AvgIpc) is 3.27. The third-order valence-electron chi connectivity index (χ3n) is 4.62. The van der Waals surface area contributed by atoms with Gasteiger partial charge in [-0.3, -0.25) is 9.36 Å². The normalized spacial score (nSPS) is 11.4. The van der Waals surface area contributed by atoms with Crippen LogP contribution in [-0.4, -0.2) is 32.1 Å². The summed E-state index contributed by atoms with van der Waals surface area (Å²) in [5.41, 5.74) is 6.18. The van der Waals surface area contributed by atoms with Gasteiger partial charge in [0.05, 0.1) is 11.5 Å². The van der Waals surface area contributed by atoms with Crippen molar-refractivity contribution in [3.05, 3.63) is 95.0 Å². The van der Waals surface area contributed by atoms with E-state index in [0.29, 0.717) is 5.16 Å². The molecule has 4 aromatic rings. The molecule has 6 nitrogen and oxygen atoms in total. The van der Waals surface area contributed by atoms with E-state index in [-0.39, 0.29) is 11.7 Å². The Labute approximate surface area is 198 Å². The van der Waals surface area contributed by atoms with Crippen LogP contribution >= 0.6 is 27.7 Å². The van der Waals surface area contributed by atoms with E-state index >= 15 is 0 Å². The Morgan fingerprint density at radius 2 is 1.62 bits per heavy atom. The van der Waals surface area contributed by atoms with Crippen molar-refractivity contribution in [1.82, 2.24) is 20.2 Å². The van der Waals surface area contributed by atoms with E-state index in [9.17, 15) is 4.79 Å². The molecule has 0 aliphatic heterocycles. The molecule has 160 valence electrons. The van der Waals surface area contributed by atoms with Crippen molar-refractivity contribution in [2.24, 2.45) is 5.10 Å². The molecule has 0 radical (unpaired) electrons. The molecule has 8 heteroatoms. The molecule has 3 aromatic carbocycles. The van der Waals surface area contributed by atoms with E-state index in [4.69, 9.17) is 0 Å². The summed E-state index contributed by atoms with van der Waals surface area (Å²) >= 11 is 4.73. The van der Waals surface area contributed by atoms with Gasteiger partial charge in [-0.05, 0) is 36.8 Å². The van der Waals surface area contributed by atoms with Crippen LogP contribution in [0, 0.1) is 0 Å². The van der Waals surface area contributed by atoms with Gasteiger partial charge >= 0.3 is 0 Å². The summed E-state index contributed by atoms with van der Waals surface area (Å²) < 4.78 is 2.95. The van der Waals surface area contributed by atoms with Crippen LogP contribution in [0.1, 0.15) is 12.5 Å². The number of benzene rings is 3. The molecule has 0 saturated heterocycles. The number of hydrogen-bond donors (Lipinski definition) is 1. The highest BCUT2D eigenvalue weighted by molar-refractivity contribution is 9.10. The number of nitrogens with one attached hydrogen (secondary N) is 1. The SMILES string of the molecule is CC(=NNC(=O)CSc1nnc(-c2ccccc2)n1-c1ccccc1)c1ccc(Br)cc1. The molecular weight excluding hydrogens is 486 g/mol. The summed E-state index contributed by atoms with van der Waals surface area (Å²) in [7, 11) is 0. The van der Waals surface area contributed by atoms with Gasteiger partial charge in [0, 0.05) is 15.7 Å². The highest BCUT2D eigenvalue weighted by Crippen LogP contribution is 2.27. The summed E-state index contributed by atoms with van der Waals surface area (Å²) in [4.78, 5) is 12.4. The van der Waals surface area contributed by atoms with Crippen molar-refractivity contribution in [3.63, 3.8) is 0 Å². The molecule has 0 aliphatic carbocycles. The van der Waals surface area contributed by atoms with E-state index < -0.39 is 0 Å². The minimum Gasteiger partial charge on any atom is -0.272 e. The fraction of sp³-hybridized carbons (Fsp3) is 0.0833. The highest BCUT2D eigenvalue weighted by atomic mass is 79.9. The first kappa shape index (κ1) is 22.0. The lowest BCUT2D eigenvalue weighted by atomic mass is 10.1. The van der Waals surface area contributed by atoms with Crippen LogP contribution < -0.4 is 5.43 Å². The number of aromatic nitrogens is 3. The zero-order chi connectivity index (χ0) is 22.3. The lowest BCUT2D eigenvalue weighted by molar-refractivity contribution is -0.118. The lowest BCUT2D eigenvalue weighted by Crippen LogP contribution is -2.21. The number of hydrazone groups is 1. The van der Waals surface area contributed by atoms with Gasteiger partial charge in [-0.1, -0.05) is 88.4 Å². The minimum atomic E-state index is -0.213. The Hall–Kier alpha value is -3.23. The number of carbonyl (C=O) groups excluding carboxylic acids is 1. The zero-order valence-corrected chi connectivity index (χ0v) is 19.7. The number of rotatable bonds is 7. The predicted molar refractivity (Wildman–Crippen MR) is 132 cm³/mol. The molecule has 1 N–H and O–H groups in total. The molecule has 32 heavy (non-hydrogen) atoms. The van der Waals surface area contributed by atoms with Gasteiger partial charge in [-0.15, -0.1) is 10.2 Å². The van der Waals surface area contributed by atoms with E-state index in [0.717, 1.165) is 32.8 Å². The molecule has 0 fully saturated rings. The molecule has 0 saturated carbocycles. The molecule has 4 rings (SSSR count). The van der Waals surface area contributed by atoms with Crippen LogP contribution in [0.4, 0.5) is 0 Å². The molecule has 1 heterocycles. The van der Waals surface area contributed by atoms with Gasteiger partial charge in [-0.2, -0.15) is 5.10 Å². The van der Waals surface area contributed by atoms with Crippen LogP contribution in [0.5, 0.6) is 0 Å². The third-order valence-corrected chi connectivity index (χ3v) is 6.08. The van der Waals surface area contributed by atoms with E-state index in [1.807, 2.05) is 96.4 Å². The smallest absolute Gasteiger partial charge is 0.250 e. The van der Waals surface area contributed by atoms with Crippen LogP contribution in [0.15, 0.2) is 99.7 Å². The standard InChI is InChI=1S/C24H20BrN5OS/c1-17(18-12-14-20(25)15-13-18)26-27-22(31)16-32-24-29-28-23(19-8-4-2-5-9-19)30(24)21-10-6-3-7-11-21/h2-15H,16H2,1H3,(H,27,31). The van der Waals surface area contributed by atoms with Crippen molar-refractivity contribution >= 4 is 39.3 Å². The van der Waals surface area contributed by atoms with E-state index in [1.54, 1.807) is 0 Å². The topological polar surface area (TPSA) is 72.2 Å². The third kappa shape index (κ3) is 5.33. The van der Waals surface area contributed by atoms with Crippen molar-refractivity contribution in [3.8, 4) is 17.1 Å². The molecule has 0 atom stereocenters. The zero-order valence-electron chi connectivity index (χ0n) is 17.3. The van der Waals surface area contributed by atoms with E-state index in [2.05, 4.69) is 36.7 Å². The van der Waals surface area contributed by atoms with Gasteiger partial charge in [-0.25, -0.2) is 5.43 Å². The second kappa shape index (κ2) is 10.4. The summed E-state index contributed by atoms with van der Waals surface area (Å²) in [6, 6.07) is 27.5. The maximum Gasteiger partial charge on any atom is 0.250 e. The predicted octanol–water partition coefficient (Wildman–Crippen LogP) is 5.33. The molecule has 0 bridgehead atoms. The molecule has 1 aromatic heterocycles. The summed E-state index contributed by atoms with van der Waals surface area (Å²) in [6.07, 6.45) is 0. The number of carbonyl (C=O) groups is 1. The van der Waals surface area contributed by atoms with Gasteiger partial charge in [0.15, 0.2) is 11.0 Å². The number of hydrogen-bond acceptors (Lipinski definition) is 5. The second-order valence-corrected chi connectivity index (χ2v) is 8.73. The van der Waals surface area contributed by atoms with Gasteiger partial charge in [0.2, 0.25) is 0 Å². The number of thioether (sulfide) groups is 1. The number of halogens is 1. The first-order chi connectivity index (χ1) is 15.6. The first-order valence-corrected chi connectivity index (χ1v) is 11.7. The van der Waals surface area contributed by atoms with Gasteiger partial charge in [0.1, 0.15) is 0 Å². The molecule has 0 unspecified atom stereocenters. The van der Waals surface area contributed by atoms with Crippen molar-refractivity contribution < 1.29 is 4.79 Å². The fourth-order valence-electron chi connectivity index (χ4n) is 3.01. The van der Waals surface area contributed by atoms with Crippen LogP contribution in [0.25, 0.3) is 17.1 Å². The van der Waals surface area contributed by atoms with Crippen LogP contribution in [0.3, 0.4) is 0 Å². The van der Waals surface area contributed by atoms with Crippen LogP contribution in [-0.2, 0) is 4.79 Å². The summed E-state index contributed by atoms with van der Waals surface area (Å²) in [5, 5.41) is 13.6. The minimum absolute atomic E-state index is 0.164. The van der Waals surface area contributed by atoms with Crippen LogP contribution in [0.2, 0.25) is 0 Å². The van der Waals surface area contributed by atoms with E-state index in [1.165, 1.54) is 11.8 Å². The molecule has 0 aliphatic rings. The molecule has 0 spiro atoms. The Morgan fingerprint density at radius 1 is 0.969 bits per heavy atom. The number of para-hydroxylation sites is 1. The summed E-state index contributed by atoms with van der Waals surface area (Å²) in [6.45, 7) is 1.86. The molecule has 1 amide bonds. The second-order valence-electron chi connectivity index (χ2n) is 6.87. The number of nitrogens with zero attached hydrogens (tertiary/aromatic N) is 4. The summed E-state index contributed by atoms with van der Waals surface area (Å²) in [5.74, 6) is 0.677. The van der Waals surface area contributed by atoms with Gasteiger partial charge in [0.25, 0.3) is 5.91 Å². The Morgan fingerprint density at radius 3 is 2.31 bits per heavy atom. The lowest BCUT2D eigenvalue weighted by Gasteiger charge is -2.10. The first-order valence-electron chi connectivity index (χ1n) is 9.90. The van der Waals surface area contributed by atoms with Crippen molar-refractivity contribution in [2.45, 2.75) is 12.1 Å². The monoisotopic (exact) mass is 505 g/mol. The maximum atomic E-state index is 12.4. The highest BCUT2D eigenvalue weighted by Gasteiger charge is 2.17. The largest absolute Gasteiger partial charge is 0.272 e. The maximum absolute atomic E-state index is 12.4. The number of amides is 1. The van der Waals surface area contributed by atoms with Crippen molar-refractivity contribution in [2.75, 3.05) is 5.75 Å². The average molecular weight is 506 g/mol. The Kier molecular flexibility index (Phi) is 7.14. The Bertz CT molecular complexity index is 1220.